The highest BCUT2D eigenvalue weighted by atomic mass is 28.3. The number of rotatable bonds is 5. The molecule has 0 heterocycles. The highest BCUT2D eigenvalue weighted by Gasteiger charge is 2.12. The summed E-state index contributed by atoms with van der Waals surface area (Å²) >= 11 is 0. The quantitative estimate of drug-likeness (QED) is 0.442. The van der Waals surface area contributed by atoms with Gasteiger partial charge >= 0.3 is 0 Å². The van der Waals surface area contributed by atoms with Crippen LogP contribution in [0.1, 0.15) is 12.8 Å². The SMILES string of the molecule is [CH2]CCCOC[Si](C)(C)C. The van der Waals surface area contributed by atoms with Gasteiger partial charge in [0.2, 0.25) is 0 Å². The molecule has 1 radical (unpaired) electrons. The maximum absolute atomic E-state index is 5.46. The Morgan fingerprint density at radius 3 is 2.30 bits per heavy atom. The molecule has 0 aromatic rings. The number of ether oxygens (including phenoxy) is 1. The van der Waals surface area contributed by atoms with Crippen molar-refractivity contribution in [2.24, 2.45) is 0 Å². The first-order valence-electron chi connectivity index (χ1n) is 3.93. The minimum atomic E-state index is -0.950. The van der Waals surface area contributed by atoms with Gasteiger partial charge in [-0.25, -0.2) is 0 Å². The fraction of sp³-hybridized carbons (Fsp3) is 0.875. The highest BCUT2D eigenvalue weighted by Crippen LogP contribution is 2.00. The smallest absolute Gasteiger partial charge is 0.0746 e. The molecule has 0 aromatic heterocycles. The maximum Gasteiger partial charge on any atom is 0.0746 e. The van der Waals surface area contributed by atoms with Crippen molar-refractivity contribution in [1.29, 1.82) is 0 Å². The van der Waals surface area contributed by atoms with Crippen LogP contribution in [0.3, 0.4) is 0 Å². The molecule has 0 atom stereocenters. The van der Waals surface area contributed by atoms with Crippen LogP contribution in [0.2, 0.25) is 19.6 Å². The molecule has 2 heteroatoms. The summed E-state index contributed by atoms with van der Waals surface area (Å²) in [5, 5.41) is 0. The van der Waals surface area contributed by atoms with Crippen LogP contribution < -0.4 is 0 Å². The molecule has 0 rings (SSSR count). The first kappa shape index (κ1) is 10.2. The summed E-state index contributed by atoms with van der Waals surface area (Å²) in [5.74, 6) is 0. The van der Waals surface area contributed by atoms with Crippen LogP contribution in [0, 0.1) is 6.92 Å². The summed E-state index contributed by atoms with van der Waals surface area (Å²) < 4.78 is 5.46. The summed E-state index contributed by atoms with van der Waals surface area (Å²) in [6.07, 6.45) is 3.09. The van der Waals surface area contributed by atoms with Gasteiger partial charge in [0.25, 0.3) is 0 Å². The van der Waals surface area contributed by atoms with Crippen molar-refractivity contribution < 1.29 is 4.74 Å². The maximum atomic E-state index is 5.46. The standard InChI is InChI=1S/C8H19OSi/c1-5-6-7-9-8-10(2,3)4/h1,5-8H2,2-4H3. The molecule has 0 bridgehead atoms. The van der Waals surface area contributed by atoms with E-state index in [0.29, 0.717) is 0 Å². The van der Waals surface area contributed by atoms with Gasteiger partial charge in [-0.1, -0.05) is 33.0 Å². The molecule has 0 saturated carbocycles. The predicted octanol–water partition coefficient (Wildman–Crippen LogP) is 2.49. The molecule has 0 aliphatic heterocycles. The van der Waals surface area contributed by atoms with Crippen LogP contribution in [0.25, 0.3) is 0 Å². The van der Waals surface area contributed by atoms with E-state index in [-0.39, 0.29) is 0 Å². The molecule has 1 nitrogen and oxygen atoms in total. The molecule has 0 aromatic carbocycles. The Balaban J connectivity index is 3.04. The van der Waals surface area contributed by atoms with E-state index < -0.39 is 8.07 Å². The third kappa shape index (κ3) is 8.18. The van der Waals surface area contributed by atoms with Gasteiger partial charge in [0, 0.05) is 12.8 Å². The molecular formula is C8H19OSi. The fourth-order valence-corrected chi connectivity index (χ4v) is 1.34. The van der Waals surface area contributed by atoms with E-state index >= 15 is 0 Å². The van der Waals surface area contributed by atoms with Crippen molar-refractivity contribution in [3.8, 4) is 0 Å². The molecule has 0 spiro atoms. The van der Waals surface area contributed by atoms with Crippen molar-refractivity contribution in [3.63, 3.8) is 0 Å². The van der Waals surface area contributed by atoms with Crippen molar-refractivity contribution in [2.75, 3.05) is 12.8 Å². The number of hydrogen-bond acceptors (Lipinski definition) is 1. The van der Waals surface area contributed by atoms with E-state index in [0.717, 1.165) is 25.7 Å². The van der Waals surface area contributed by atoms with E-state index in [1.54, 1.807) is 0 Å². The molecule has 61 valence electrons. The second kappa shape index (κ2) is 4.91. The lowest BCUT2D eigenvalue weighted by atomic mass is 10.4. The Morgan fingerprint density at radius 2 is 1.90 bits per heavy atom. The topological polar surface area (TPSA) is 9.23 Å². The van der Waals surface area contributed by atoms with Crippen LogP contribution in [0.4, 0.5) is 0 Å². The monoisotopic (exact) mass is 159 g/mol. The van der Waals surface area contributed by atoms with Crippen LogP contribution in [0.5, 0.6) is 0 Å². The third-order valence-electron chi connectivity index (χ3n) is 1.07. The first-order valence-corrected chi connectivity index (χ1v) is 7.64. The van der Waals surface area contributed by atoms with Crippen molar-refractivity contribution in [1.82, 2.24) is 0 Å². The van der Waals surface area contributed by atoms with E-state index in [2.05, 4.69) is 26.6 Å². The number of hydrogen-bond donors (Lipinski definition) is 0. The lowest BCUT2D eigenvalue weighted by Gasteiger charge is -2.15. The number of unbranched alkanes of at least 4 members (excludes halogenated alkanes) is 1. The molecule has 0 amide bonds. The van der Waals surface area contributed by atoms with Gasteiger partial charge in [0.15, 0.2) is 0 Å². The van der Waals surface area contributed by atoms with Gasteiger partial charge in [-0.2, -0.15) is 0 Å². The van der Waals surface area contributed by atoms with Gasteiger partial charge in [-0.3, -0.25) is 0 Å². The van der Waals surface area contributed by atoms with E-state index in [1.807, 2.05) is 0 Å². The van der Waals surface area contributed by atoms with Gasteiger partial charge in [0.05, 0.1) is 8.07 Å². The first-order chi connectivity index (χ1) is 4.56. The van der Waals surface area contributed by atoms with Crippen molar-refractivity contribution in [2.45, 2.75) is 32.5 Å². The minimum Gasteiger partial charge on any atom is -0.385 e. The Morgan fingerprint density at radius 1 is 1.30 bits per heavy atom. The largest absolute Gasteiger partial charge is 0.385 e. The average Bonchev–Trinajstić information content (AvgIpc) is 1.78. The molecule has 0 aliphatic carbocycles. The molecule has 0 unspecified atom stereocenters. The van der Waals surface area contributed by atoms with Crippen LogP contribution >= 0.6 is 0 Å². The fourth-order valence-electron chi connectivity index (χ4n) is 0.582. The molecule has 0 saturated heterocycles. The minimum absolute atomic E-state index is 0.897. The Bertz CT molecular complexity index is 75.8. The molecule has 10 heavy (non-hydrogen) atoms. The van der Waals surface area contributed by atoms with Gasteiger partial charge < -0.3 is 4.74 Å². The Kier molecular flexibility index (Phi) is 5.00. The van der Waals surface area contributed by atoms with E-state index in [4.69, 9.17) is 4.74 Å². The van der Waals surface area contributed by atoms with Crippen LogP contribution in [0.15, 0.2) is 0 Å². The normalized spacial score (nSPS) is 12.0. The van der Waals surface area contributed by atoms with Crippen LogP contribution in [-0.4, -0.2) is 20.9 Å². The zero-order valence-corrected chi connectivity index (χ0v) is 8.44. The van der Waals surface area contributed by atoms with Crippen molar-refractivity contribution >= 4 is 8.07 Å². The molecule has 0 fully saturated rings. The Labute approximate surface area is 65.8 Å². The summed E-state index contributed by atoms with van der Waals surface area (Å²) in [5.41, 5.74) is 0. The Hall–Kier alpha value is 0.177. The third-order valence-corrected chi connectivity index (χ3v) is 2.14. The lowest BCUT2D eigenvalue weighted by Crippen LogP contribution is -2.28. The lowest BCUT2D eigenvalue weighted by molar-refractivity contribution is 0.170. The van der Waals surface area contributed by atoms with Gasteiger partial charge in [-0.05, 0) is 6.42 Å². The zero-order valence-electron chi connectivity index (χ0n) is 7.44. The van der Waals surface area contributed by atoms with E-state index in [1.165, 1.54) is 0 Å². The van der Waals surface area contributed by atoms with E-state index in [9.17, 15) is 0 Å². The summed E-state index contributed by atoms with van der Waals surface area (Å²) in [6, 6.07) is 0. The second-order valence-corrected chi connectivity index (χ2v) is 9.23. The second-order valence-electron chi connectivity index (χ2n) is 3.82. The summed E-state index contributed by atoms with van der Waals surface area (Å²) in [4.78, 5) is 0. The average molecular weight is 159 g/mol. The predicted molar refractivity (Wildman–Crippen MR) is 48.8 cm³/mol. The van der Waals surface area contributed by atoms with Gasteiger partial charge in [-0.15, -0.1) is 0 Å². The zero-order chi connectivity index (χ0) is 8.04. The van der Waals surface area contributed by atoms with Crippen molar-refractivity contribution in [3.05, 3.63) is 6.92 Å². The molecular weight excluding hydrogens is 140 g/mol. The van der Waals surface area contributed by atoms with Gasteiger partial charge in [0.1, 0.15) is 0 Å². The molecule has 0 N–H and O–H groups in total. The molecule has 0 aliphatic rings. The summed E-state index contributed by atoms with van der Waals surface area (Å²) in [6.45, 7) is 11.6. The van der Waals surface area contributed by atoms with Crippen LogP contribution in [-0.2, 0) is 4.74 Å². The summed E-state index contributed by atoms with van der Waals surface area (Å²) in [7, 11) is -0.950. The highest BCUT2D eigenvalue weighted by molar-refractivity contribution is 6.76.